The van der Waals surface area contributed by atoms with Crippen molar-refractivity contribution in [3.63, 3.8) is 0 Å². The third-order valence-electron chi connectivity index (χ3n) is 3.26. The van der Waals surface area contributed by atoms with E-state index in [-0.39, 0.29) is 5.75 Å². The van der Waals surface area contributed by atoms with E-state index in [9.17, 15) is 8.42 Å². The molecule has 0 atom stereocenters. The fourth-order valence-electron chi connectivity index (χ4n) is 2.15. The van der Waals surface area contributed by atoms with Crippen LogP contribution in [0.1, 0.15) is 18.2 Å². The molecule has 0 aliphatic carbocycles. The Morgan fingerprint density at radius 3 is 2.70 bits per heavy atom. The Bertz CT molecular complexity index is 677. The van der Waals surface area contributed by atoms with Crippen molar-refractivity contribution < 1.29 is 12.8 Å². The minimum atomic E-state index is -3.15. The second kappa shape index (κ2) is 6.39. The van der Waals surface area contributed by atoms with Crippen LogP contribution in [0.5, 0.6) is 0 Å². The van der Waals surface area contributed by atoms with Crippen molar-refractivity contribution in [2.24, 2.45) is 0 Å². The Kier molecular flexibility index (Phi) is 4.80. The lowest BCUT2D eigenvalue weighted by Crippen LogP contribution is -2.29. The van der Waals surface area contributed by atoms with Gasteiger partial charge in [-0.05, 0) is 13.1 Å². The maximum absolute atomic E-state index is 11.3. The van der Waals surface area contributed by atoms with Crippen molar-refractivity contribution in [1.29, 1.82) is 0 Å². The van der Waals surface area contributed by atoms with Crippen LogP contribution in [0.15, 0.2) is 28.7 Å². The van der Waals surface area contributed by atoms with Crippen LogP contribution in [0.25, 0.3) is 11.0 Å². The zero-order chi connectivity index (χ0) is 14.6. The van der Waals surface area contributed by atoms with Gasteiger partial charge >= 0.3 is 0 Å². The average molecular weight is 296 g/mol. The SMILES string of the molecule is CCc1oc2ccccc2c1CNCCS(=O)(=O)NC. The first-order chi connectivity index (χ1) is 9.57. The molecular formula is C14H20N2O3S. The van der Waals surface area contributed by atoms with Crippen LogP contribution in [-0.4, -0.2) is 27.8 Å². The van der Waals surface area contributed by atoms with Crippen LogP contribution in [0.4, 0.5) is 0 Å². The van der Waals surface area contributed by atoms with Crippen molar-refractivity contribution in [1.82, 2.24) is 10.0 Å². The minimum Gasteiger partial charge on any atom is -0.461 e. The number of benzene rings is 1. The topological polar surface area (TPSA) is 71.3 Å². The standard InChI is InChI=1S/C14H20N2O3S/c1-3-13-12(10-16-8-9-20(17,18)15-2)11-6-4-5-7-14(11)19-13/h4-7,15-16H,3,8-10H2,1-2H3. The molecule has 0 saturated carbocycles. The number of hydrogen-bond donors (Lipinski definition) is 2. The number of fused-ring (bicyclic) bond motifs is 1. The molecule has 2 rings (SSSR count). The molecule has 0 unspecified atom stereocenters. The molecule has 6 heteroatoms. The van der Waals surface area contributed by atoms with Crippen molar-refractivity contribution in [3.05, 3.63) is 35.6 Å². The van der Waals surface area contributed by atoms with E-state index in [4.69, 9.17) is 4.42 Å². The number of sulfonamides is 1. The van der Waals surface area contributed by atoms with Crippen LogP contribution in [0.3, 0.4) is 0 Å². The van der Waals surface area contributed by atoms with E-state index >= 15 is 0 Å². The van der Waals surface area contributed by atoms with Gasteiger partial charge in [-0.3, -0.25) is 0 Å². The average Bonchev–Trinajstić information content (AvgIpc) is 2.81. The molecule has 1 heterocycles. The van der Waals surface area contributed by atoms with E-state index in [2.05, 4.69) is 10.0 Å². The summed E-state index contributed by atoms with van der Waals surface area (Å²) in [4.78, 5) is 0. The number of rotatable bonds is 7. The first-order valence-corrected chi connectivity index (χ1v) is 8.34. The molecular weight excluding hydrogens is 276 g/mol. The summed E-state index contributed by atoms with van der Waals surface area (Å²) in [6, 6.07) is 7.90. The summed E-state index contributed by atoms with van der Waals surface area (Å²) >= 11 is 0. The van der Waals surface area contributed by atoms with E-state index in [1.54, 1.807) is 0 Å². The smallest absolute Gasteiger partial charge is 0.212 e. The van der Waals surface area contributed by atoms with E-state index in [1.165, 1.54) is 7.05 Å². The Morgan fingerprint density at radius 1 is 1.25 bits per heavy atom. The number of hydrogen-bond acceptors (Lipinski definition) is 4. The number of nitrogens with one attached hydrogen (secondary N) is 2. The molecule has 1 aromatic carbocycles. The molecule has 5 nitrogen and oxygen atoms in total. The van der Waals surface area contributed by atoms with E-state index in [1.807, 2.05) is 31.2 Å². The molecule has 0 spiro atoms. The van der Waals surface area contributed by atoms with Crippen molar-refractivity contribution in [3.8, 4) is 0 Å². The normalized spacial score (nSPS) is 12.1. The van der Waals surface area contributed by atoms with Gasteiger partial charge in [-0.1, -0.05) is 25.1 Å². The van der Waals surface area contributed by atoms with E-state index in [0.717, 1.165) is 28.7 Å². The van der Waals surface area contributed by atoms with E-state index in [0.29, 0.717) is 13.1 Å². The maximum atomic E-state index is 11.3. The quantitative estimate of drug-likeness (QED) is 0.762. The summed E-state index contributed by atoms with van der Waals surface area (Å²) in [7, 11) is -1.73. The van der Waals surface area contributed by atoms with Crippen LogP contribution < -0.4 is 10.0 Å². The highest BCUT2D eigenvalue weighted by Gasteiger charge is 2.12. The summed E-state index contributed by atoms with van der Waals surface area (Å²) in [5, 5.41) is 4.26. The molecule has 0 saturated heterocycles. The fraction of sp³-hybridized carbons (Fsp3) is 0.429. The molecule has 0 aliphatic rings. The van der Waals surface area contributed by atoms with Gasteiger partial charge in [0, 0.05) is 30.5 Å². The second-order valence-electron chi connectivity index (χ2n) is 4.55. The van der Waals surface area contributed by atoms with Crippen LogP contribution in [0.2, 0.25) is 0 Å². The van der Waals surface area contributed by atoms with Gasteiger partial charge in [0.2, 0.25) is 10.0 Å². The molecule has 0 bridgehead atoms. The maximum Gasteiger partial charge on any atom is 0.212 e. The Morgan fingerprint density at radius 2 is 2.00 bits per heavy atom. The molecule has 20 heavy (non-hydrogen) atoms. The third kappa shape index (κ3) is 3.39. The second-order valence-corrected chi connectivity index (χ2v) is 6.60. The zero-order valence-electron chi connectivity index (χ0n) is 11.8. The summed E-state index contributed by atoms with van der Waals surface area (Å²) in [6.45, 7) is 3.07. The Balaban J connectivity index is 2.06. The molecule has 110 valence electrons. The van der Waals surface area contributed by atoms with Gasteiger partial charge in [0.25, 0.3) is 0 Å². The predicted molar refractivity (Wildman–Crippen MR) is 80.1 cm³/mol. The lowest BCUT2D eigenvalue weighted by molar-refractivity contribution is 0.545. The van der Waals surface area contributed by atoms with Crippen molar-refractivity contribution in [2.45, 2.75) is 19.9 Å². The lowest BCUT2D eigenvalue weighted by atomic mass is 10.1. The highest BCUT2D eigenvalue weighted by molar-refractivity contribution is 7.89. The van der Waals surface area contributed by atoms with Gasteiger partial charge in [0.05, 0.1) is 5.75 Å². The third-order valence-corrected chi connectivity index (χ3v) is 4.63. The van der Waals surface area contributed by atoms with Gasteiger partial charge in [0.15, 0.2) is 0 Å². The van der Waals surface area contributed by atoms with Gasteiger partial charge in [-0.15, -0.1) is 0 Å². The Labute approximate surface area is 119 Å². The summed E-state index contributed by atoms with van der Waals surface area (Å²) in [6.07, 6.45) is 0.820. The van der Waals surface area contributed by atoms with E-state index < -0.39 is 10.0 Å². The van der Waals surface area contributed by atoms with Crippen LogP contribution in [-0.2, 0) is 23.0 Å². The molecule has 0 fully saturated rings. The number of para-hydroxylation sites is 1. The van der Waals surface area contributed by atoms with Gasteiger partial charge < -0.3 is 9.73 Å². The zero-order valence-corrected chi connectivity index (χ0v) is 12.6. The monoisotopic (exact) mass is 296 g/mol. The molecule has 2 N–H and O–H groups in total. The first-order valence-electron chi connectivity index (χ1n) is 6.68. The molecule has 0 amide bonds. The molecule has 0 radical (unpaired) electrons. The first kappa shape index (κ1) is 15.0. The molecule has 0 aliphatic heterocycles. The van der Waals surface area contributed by atoms with Crippen LogP contribution >= 0.6 is 0 Å². The summed E-state index contributed by atoms with van der Waals surface area (Å²) in [5.41, 5.74) is 1.99. The fourth-order valence-corrected chi connectivity index (χ4v) is 2.77. The lowest BCUT2D eigenvalue weighted by Gasteiger charge is -2.05. The Hall–Kier alpha value is -1.37. The van der Waals surface area contributed by atoms with Gasteiger partial charge in [-0.2, -0.15) is 0 Å². The minimum absolute atomic E-state index is 0.0702. The summed E-state index contributed by atoms with van der Waals surface area (Å²) < 4.78 is 30.8. The molecule has 2 aromatic rings. The highest BCUT2D eigenvalue weighted by Crippen LogP contribution is 2.25. The van der Waals surface area contributed by atoms with Crippen molar-refractivity contribution >= 4 is 21.0 Å². The predicted octanol–water partition coefficient (Wildman–Crippen LogP) is 1.63. The summed E-state index contributed by atoms with van der Waals surface area (Å²) in [5.74, 6) is 1.02. The van der Waals surface area contributed by atoms with Gasteiger partial charge in [-0.25, -0.2) is 13.1 Å². The number of aryl methyl sites for hydroxylation is 1. The highest BCUT2D eigenvalue weighted by atomic mass is 32.2. The number of furan rings is 1. The van der Waals surface area contributed by atoms with Crippen molar-refractivity contribution in [2.75, 3.05) is 19.3 Å². The van der Waals surface area contributed by atoms with Crippen LogP contribution in [0, 0.1) is 0 Å². The largest absolute Gasteiger partial charge is 0.461 e. The van der Waals surface area contributed by atoms with Gasteiger partial charge in [0.1, 0.15) is 11.3 Å². The molecule has 1 aromatic heterocycles.